The second-order valence-electron chi connectivity index (χ2n) is 9.50. The Morgan fingerprint density at radius 3 is 2.12 bits per heavy atom. The van der Waals surface area contributed by atoms with E-state index in [9.17, 15) is 15.0 Å². The fourth-order valence-corrected chi connectivity index (χ4v) is 8.56. The van der Waals surface area contributed by atoms with Gasteiger partial charge in [-0.1, -0.05) is 83.3 Å². The minimum Gasteiger partial charge on any atom is -0.387 e. The van der Waals surface area contributed by atoms with Gasteiger partial charge in [-0.2, -0.15) is 0 Å². The quantitative estimate of drug-likeness (QED) is 0.348. The van der Waals surface area contributed by atoms with Crippen LogP contribution in [0.2, 0.25) is 0 Å². The smallest absolute Gasteiger partial charge is 0.328 e. The monoisotopic (exact) mass is 498 g/mol. The molecular formula is C25H30N2O5SSi. The Labute approximate surface area is 205 Å². The zero-order chi connectivity index (χ0) is 24.5. The Balaban J connectivity index is 1.96. The number of aliphatic hydroxyl groups excluding tert-OH is 2. The first-order valence-electron chi connectivity index (χ1n) is 11.2. The van der Waals surface area contributed by atoms with Gasteiger partial charge in [0.05, 0.1) is 12.2 Å². The molecule has 0 unspecified atom stereocenters. The molecule has 1 fully saturated rings. The van der Waals surface area contributed by atoms with Crippen molar-refractivity contribution in [2.24, 2.45) is 0 Å². The molecule has 1 saturated heterocycles. The van der Waals surface area contributed by atoms with Gasteiger partial charge < -0.3 is 19.7 Å². The average molecular weight is 499 g/mol. The molecule has 2 heterocycles. The van der Waals surface area contributed by atoms with E-state index in [1.165, 1.54) is 10.8 Å². The van der Waals surface area contributed by atoms with Crippen molar-refractivity contribution >= 4 is 31.4 Å². The number of H-pyrrole nitrogens is 1. The van der Waals surface area contributed by atoms with Gasteiger partial charge in [-0.25, -0.2) is 4.79 Å². The summed E-state index contributed by atoms with van der Waals surface area (Å²) >= 11 is 5.15. The fraction of sp³-hybridized carbons (Fsp3) is 0.360. The molecule has 0 spiro atoms. The number of nitrogens with one attached hydrogen (secondary N) is 1. The molecular weight excluding hydrogens is 468 g/mol. The summed E-state index contributed by atoms with van der Waals surface area (Å²) in [7, 11) is -2.59. The summed E-state index contributed by atoms with van der Waals surface area (Å²) in [5.74, 6) is 0. The lowest BCUT2D eigenvalue weighted by Crippen LogP contribution is -2.68. The van der Waals surface area contributed by atoms with E-state index in [1.54, 1.807) is 6.07 Å². The van der Waals surface area contributed by atoms with Crippen LogP contribution in [0, 0.1) is 4.64 Å². The molecule has 0 saturated carbocycles. The number of rotatable bonds is 6. The number of hydrogen-bond donors (Lipinski definition) is 3. The molecule has 7 nitrogen and oxygen atoms in total. The maximum absolute atomic E-state index is 13.2. The summed E-state index contributed by atoms with van der Waals surface area (Å²) in [4.78, 5) is 15.9. The van der Waals surface area contributed by atoms with Crippen molar-refractivity contribution in [1.82, 2.24) is 9.55 Å². The molecule has 3 N–H and O–H groups in total. The van der Waals surface area contributed by atoms with Gasteiger partial charge in [-0.3, -0.25) is 9.55 Å². The van der Waals surface area contributed by atoms with Crippen LogP contribution in [-0.2, 0) is 14.8 Å². The van der Waals surface area contributed by atoms with E-state index < -0.39 is 43.7 Å². The van der Waals surface area contributed by atoms with Crippen molar-refractivity contribution in [2.75, 3.05) is 6.61 Å². The topological polar surface area (TPSA) is 96.7 Å². The number of aromatic nitrogens is 2. The molecule has 1 aromatic heterocycles. The minimum absolute atomic E-state index is 0.0613. The molecule has 3 aromatic rings. The van der Waals surface area contributed by atoms with Crippen molar-refractivity contribution in [3.63, 3.8) is 0 Å². The predicted octanol–water partition coefficient (Wildman–Crippen LogP) is 1.08. The predicted molar refractivity (Wildman–Crippen MR) is 136 cm³/mol. The second kappa shape index (κ2) is 9.69. The van der Waals surface area contributed by atoms with Crippen LogP contribution < -0.4 is 16.1 Å². The molecule has 0 radical (unpaired) electrons. The van der Waals surface area contributed by atoms with Gasteiger partial charge in [-0.15, -0.1) is 0 Å². The van der Waals surface area contributed by atoms with E-state index in [0.717, 1.165) is 10.4 Å². The van der Waals surface area contributed by atoms with Crippen LogP contribution in [0.3, 0.4) is 0 Å². The molecule has 0 amide bonds. The summed E-state index contributed by atoms with van der Waals surface area (Å²) in [6.45, 7) is 5.79. The minimum atomic E-state index is -2.59. The van der Waals surface area contributed by atoms with E-state index in [-0.39, 0.29) is 11.2 Å². The van der Waals surface area contributed by atoms with Crippen LogP contribution in [0.1, 0.15) is 20.8 Å². The highest BCUT2D eigenvalue weighted by molar-refractivity contribution is 7.71. The summed E-state index contributed by atoms with van der Waals surface area (Å²) < 4.78 is 14.1. The molecule has 1 aliphatic rings. The molecule has 2 aromatic carbocycles. The fourth-order valence-electron chi connectivity index (χ4n) is 4.53. The number of ether oxygens (including phenoxy) is 2. The highest BCUT2D eigenvalue weighted by Gasteiger charge is 2.61. The maximum Gasteiger partial charge on any atom is 0.328 e. The third kappa shape index (κ3) is 4.72. The Morgan fingerprint density at radius 2 is 1.62 bits per heavy atom. The van der Waals surface area contributed by atoms with E-state index in [1.807, 2.05) is 81.4 Å². The molecule has 180 valence electrons. The first-order chi connectivity index (χ1) is 16.1. The van der Waals surface area contributed by atoms with Crippen LogP contribution in [0.4, 0.5) is 0 Å². The summed E-state index contributed by atoms with van der Waals surface area (Å²) in [6, 6.07) is 21.0. The van der Waals surface area contributed by atoms with Crippen molar-refractivity contribution in [3.8, 4) is 0 Å². The standard InChI is InChI=1S/C25H30N2O5SSi/c1-24(2,3)31-16-19-21(28)22(29)25(32-19,27-15-14-20(33)26-23(27)30)34(17-10-6-4-7-11-17)18-12-8-5-9-13-18/h4-15,19,21-22,28-29,34H,16H2,1-3H3,(H,26,30,33)/t19-,21-,22-,25+/m1/s1. The highest BCUT2D eigenvalue weighted by Crippen LogP contribution is 2.37. The molecule has 1 aliphatic heterocycles. The Kier molecular flexibility index (Phi) is 7.04. The average Bonchev–Trinajstić information content (AvgIpc) is 3.05. The van der Waals surface area contributed by atoms with Gasteiger partial charge in [0.1, 0.15) is 23.0 Å². The summed E-state index contributed by atoms with van der Waals surface area (Å²) in [5, 5.41) is 23.2. The van der Waals surface area contributed by atoms with Crippen molar-refractivity contribution in [3.05, 3.63) is 88.1 Å². The van der Waals surface area contributed by atoms with Gasteiger partial charge in [0.15, 0.2) is 14.1 Å². The largest absolute Gasteiger partial charge is 0.387 e. The molecule has 0 bridgehead atoms. The van der Waals surface area contributed by atoms with E-state index >= 15 is 0 Å². The SMILES string of the molecule is CC(C)(C)OC[C@H]1O[C@](n2ccc(=S)[nH]c2=O)([SiH](c2ccccc2)c2ccccc2)[C@H](O)[C@@H]1O. The number of aliphatic hydroxyl groups is 2. The van der Waals surface area contributed by atoms with E-state index in [4.69, 9.17) is 21.7 Å². The summed E-state index contributed by atoms with van der Waals surface area (Å²) in [5.41, 5.74) is -0.982. The first-order valence-corrected chi connectivity index (χ1v) is 13.4. The molecule has 4 atom stereocenters. The Morgan fingerprint density at radius 1 is 1.06 bits per heavy atom. The van der Waals surface area contributed by atoms with Crippen molar-refractivity contribution in [2.45, 2.75) is 50.0 Å². The third-order valence-electron chi connectivity index (χ3n) is 6.03. The van der Waals surface area contributed by atoms with Crippen LogP contribution >= 0.6 is 12.2 Å². The normalized spacial score (nSPS) is 25.1. The van der Waals surface area contributed by atoms with Gasteiger partial charge in [-0.05, 0) is 26.8 Å². The first kappa shape index (κ1) is 24.7. The Hall–Kier alpha value is -2.40. The van der Waals surface area contributed by atoms with Crippen LogP contribution in [0.5, 0.6) is 0 Å². The zero-order valence-corrected chi connectivity index (χ0v) is 21.4. The van der Waals surface area contributed by atoms with E-state index in [0.29, 0.717) is 0 Å². The van der Waals surface area contributed by atoms with Gasteiger partial charge in [0.25, 0.3) is 0 Å². The van der Waals surface area contributed by atoms with Crippen LogP contribution in [0.15, 0.2) is 77.7 Å². The summed E-state index contributed by atoms with van der Waals surface area (Å²) in [6.07, 6.45) is -1.96. The van der Waals surface area contributed by atoms with Crippen LogP contribution in [-0.4, -0.2) is 59.1 Å². The molecule has 0 aliphatic carbocycles. The van der Waals surface area contributed by atoms with Gasteiger partial charge in [0, 0.05) is 6.20 Å². The van der Waals surface area contributed by atoms with Crippen molar-refractivity contribution < 1.29 is 19.7 Å². The second-order valence-corrected chi connectivity index (χ2v) is 13.0. The number of hydrogen-bond acceptors (Lipinski definition) is 6. The van der Waals surface area contributed by atoms with Crippen molar-refractivity contribution in [1.29, 1.82) is 0 Å². The lowest BCUT2D eigenvalue weighted by atomic mass is 10.1. The van der Waals surface area contributed by atoms with Crippen LogP contribution in [0.25, 0.3) is 0 Å². The molecule has 34 heavy (non-hydrogen) atoms. The van der Waals surface area contributed by atoms with Gasteiger partial charge >= 0.3 is 5.69 Å². The van der Waals surface area contributed by atoms with E-state index in [2.05, 4.69) is 4.98 Å². The Bertz CT molecular complexity index is 1190. The highest BCUT2D eigenvalue weighted by atomic mass is 32.1. The number of nitrogens with zero attached hydrogens (tertiary/aromatic N) is 1. The van der Waals surface area contributed by atoms with Gasteiger partial charge in [0.2, 0.25) is 0 Å². The lowest BCUT2D eigenvalue weighted by molar-refractivity contribution is -0.120. The zero-order valence-electron chi connectivity index (χ0n) is 19.4. The lowest BCUT2D eigenvalue weighted by Gasteiger charge is -2.40. The molecule has 4 rings (SSSR count). The number of benzene rings is 2. The molecule has 9 heteroatoms. The number of aromatic amines is 1. The maximum atomic E-state index is 13.2. The third-order valence-corrected chi connectivity index (χ3v) is 9.95.